The zero-order valence-corrected chi connectivity index (χ0v) is 9.79. The third kappa shape index (κ3) is 3.56. The third-order valence-electron chi connectivity index (χ3n) is 2.76. The van der Waals surface area contributed by atoms with E-state index in [1.165, 1.54) is 24.8 Å². The number of anilines is 1. The molecular formula is C13H22N2. The van der Waals surface area contributed by atoms with Crippen LogP contribution in [0.1, 0.15) is 49.8 Å². The normalized spacial score (nSPS) is 12.7. The van der Waals surface area contributed by atoms with Crippen LogP contribution in [0.2, 0.25) is 0 Å². The van der Waals surface area contributed by atoms with Crippen LogP contribution in [0.15, 0.2) is 18.2 Å². The fourth-order valence-electron chi connectivity index (χ4n) is 1.80. The summed E-state index contributed by atoms with van der Waals surface area (Å²) in [7, 11) is 0. The molecule has 0 aromatic heterocycles. The van der Waals surface area contributed by atoms with Crippen molar-refractivity contribution < 1.29 is 0 Å². The smallest absolute Gasteiger partial charge is 0.0365 e. The van der Waals surface area contributed by atoms with Crippen LogP contribution < -0.4 is 11.5 Å². The van der Waals surface area contributed by atoms with E-state index in [4.69, 9.17) is 11.5 Å². The first-order valence-corrected chi connectivity index (χ1v) is 5.76. The van der Waals surface area contributed by atoms with Crippen LogP contribution in [0.25, 0.3) is 0 Å². The van der Waals surface area contributed by atoms with Crippen molar-refractivity contribution in [3.63, 3.8) is 0 Å². The molecule has 0 spiro atoms. The minimum Gasteiger partial charge on any atom is -0.398 e. The average Bonchev–Trinajstić information content (AvgIpc) is 2.17. The first-order chi connectivity index (χ1) is 7.15. The van der Waals surface area contributed by atoms with Crippen molar-refractivity contribution in [3.05, 3.63) is 29.3 Å². The molecule has 1 atom stereocenters. The predicted octanol–water partition coefficient (Wildman–Crippen LogP) is 3.16. The van der Waals surface area contributed by atoms with Gasteiger partial charge in [0.15, 0.2) is 0 Å². The van der Waals surface area contributed by atoms with E-state index in [1.807, 2.05) is 13.0 Å². The summed E-state index contributed by atoms with van der Waals surface area (Å²) in [5.74, 6) is 0. The van der Waals surface area contributed by atoms with Crippen LogP contribution in [-0.4, -0.2) is 0 Å². The van der Waals surface area contributed by atoms with Crippen molar-refractivity contribution in [1.82, 2.24) is 0 Å². The highest BCUT2D eigenvalue weighted by molar-refractivity contribution is 5.50. The number of nitrogen functional groups attached to an aromatic ring is 1. The number of unbranched alkanes of at least 4 members (excludes halogenated alkanes) is 2. The predicted molar refractivity (Wildman–Crippen MR) is 66.7 cm³/mol. The minimum absolute atomic E-state index is 0.0946. The highest BCUT2D eigenvalue weighted by Gasteiger charge is 2.08. The Hall–Kier alpha value is -1.02. The standard InChI is InChI=1S/C13H22N2/c1-3-4-5-6-12(14)11-8-7-10(2)9-13(11)15/h7-9,12H,3-6,14-15H2,1-2H3. The van der Waals surface area contributed by atoms with E-state index < -0.39 is 0 Å². The van der Waals surface area contributed by atoms with Crippen molar-refractivity contribution in [2.24, 2.45) is 5.73 Å². The second-order valence-electron chi connectivity index (χ2n) is 4.23. The Balaban J connectivity index is 2.61. The summed E-state index contributed by atoms with van der Waals surface area (Å²) in [6.45, 7) is 4.24. The van der Waals surface area contributed by atoms with Crippen molar-refractivity contribution in [2.75, 3.05) is 5.73 Å². The molecule has 4 N–H and O–H groups in total. The summed E-state index contributed by atoms with van der Waals surface area (Å²) in [6.07, 6.45) is 4.70. The summed E-state index contributed by atoms with van der Waals surface area (Å²) >= 11 is 0. The second-order valence-corrected chi connectivity index (χ2v) is 4.23. The van der Waals surface area contributed by atoms with Crippen LogP contribution in [0.5, 0.6) is 0 Å². The molecule has 0 aliphatic heterocycles. The van der Waals surface area contributed by atoms with E-state index >= 15 is 0 Å². The SMILES string of the molecule is CCCCCC(N)c1ccc(C)cc1N. The van der Waals surface area contributed by atoms with E-state index in [-0.39, 0.29) is 6.04 Å². The number of nitrogens with two attached hydrogens (primary N) is 2. The molecule has 2 nitrogen and oxygen atoms in total. The molecule has 0 aliphatic carbocycles. The molecule has 0 radical (unpaired) electrons. The van der Waals surface area contributed by atoms with Gasteiger partial charge in [-0.2, -0.15) is 0 Å². The Morgan fingerprint density at radius 1 is 1.27 bits per heavy atom. The van der Waals surface area contributed by atoms with Crippen LogP contribution >= 0.6 is 0 Å². The van der Waals surface area contributed by atoms with E-state index in [1.54, 1.807) is 0 Å². The lowest BCUT2D eigenvalue weighted by Crippen LogP contribution is -2.12. The number of aryl methyl sites for hydroxylation is 1. The van der Waals surface area contributed by atoms with Crippen molar-refractivity contribution >= 4 is 5.69 Å². The van der Waals surface area contributed by atoms with Crippen molar-refractivity contribution in [1.29, 1.82) is 0 Å². The van der Waals surface area contributed by atoms with Gasteiger partial charge in [-0.15, -0.1) is 0 Å². The van der Waals surface area contributed by atoms with E-state index in [2.05, 4.69) is 19.1 Å². The number of rotatable bonds is 5. The minimum atomic E-state index is 0.0946. The van der Waals surface area contributed by atoms with E-state index in [9.17, 15) is 0 Å². The molecule has 1 rings (SSSR count). The van der Waals surface area contributed by atoms with E-state index in [0.717, 1.165) is 17.7 Å². The number of benzene rings is 1. The summed E-state index contributed by atoms with van der Waals surface area (Å²) in [6, 6.07) is 6.22. The van der Waals surface area contributed by atoms with Crippen LogP contribution in [0.3, 0.4) is 0 Å². The zero-order chi connectivity index (χ0) is 11.3. The molecule has 0 heterocycles. The van der Waals surface area contributed by atoms with Gasteiger partial charge in [-0.3, -0.25) is 0 Å². The highest BCUT2D eigenvalue weighted by Crippen LogP contribution is 2.23. The molecule has 0 amide bonds. The maximum atomic E-state index is 6.11. The molecule has 1 aromatic rings. The quantitative estimate of drug-likeness (QED) is 0.574. The van der Waals surface area contributed by atoms with Gasteiger partial charge in [-0.1, -0.05) is 38.3 Å². The number of hydrogen-bond donors (Lipinski definition) is 2. The fourth-order valence-corrected chi connectivity index (χ4v) is 1.80. The van der Waals surface area contributed by atoms with Gasteiger partial charge >= 0.3 is 0 Å². The Kier molecular flexibility index (Phi) is 4.63. The summed E-state index contributed by atoms with van der Waals surface area (Å²) in [4.78, 5) is 0. The third-order valence-corrected chi connectivity index (χ3v) is 2.76. The Morgan fingerprint density at radius 2 is 2.00 bits per heavy atom. The first-order valence-electron chi connectivity index (χ1n) is 5.76. The molecule has 0 saturated heterocycles. The van der Waals surface area contributed by atoms with Gasteiger partial charge in [0.05, 0.1) is 0 Å². The molecule has 0 fully saturated rings. The van der Waals surface area contributed by atoms with Gasteiger partial charge in [0.1, 0.15) is 0 Å². The molecular weight excluding hydrogens is 184 g/mol. The zero-order valence-electron chi connectivity index (χ0n) is 9.79. The van der Waals surface area contributed by atoms with E-state index in [0.29, 0.717) is 0 Å². The molecule has 0 aliphatic rings. The lowest BCUT2D eigenvalue weighted by Gasteiger charge is -2.14. The maximum Gasteiger partial charge on any atom is 0.0365 e. The molecule has 1 aromatic carbocycles. The van der Waals surface area contributed by atoms with Gasteiger partial charge in [-0.25, -0.2) is 0 Å². The molecule has 84 valence electrons. The summed E-state index contributed by atoms with van der Waals surface area (Å²) < 4.78 is 0. The Labute approximate surface area is 92.7 Å². The maximum absolute atomic E-state index is 6.11. The van der Waals surface area contributed by atoms with Gasteiger partial charge in [0.25, 0.3) is 0 Å². The first kappa shape index (κ1) is 12.1. The van der Waals surface area contributed by atoms with Gasteiger partial charge in [-0.05, 0) is 30.5 Å². The summed E-state index contributed by atoms with van der Waals surface area (Å²) in [5, 5.41) is 0. The monoisotopic (exact) mass is 206 g/mol. The lowest BCUT2D eigenvalue weighted by atomic mass is 9.98. The van der Waals surface area contributed by atoms with Crippen LogP contribution in [-0.2, 0) is 0 Å². The van der Waals surface area contributed by atoms with Crippen LogP contribution in [0.4, 0.5) is 5.69 Å². The van der Waals surface area contributed by atoms with Crippen molar-refractivity contribution in [3.8, 4) is 0 Å². The largest absolute Gasteiger partial charge is 0.398 e. The molecule has 2 heteroatoms. The lowest BCUT2D eigenvalue weighted by molar-refractivity contribution is 0.582. The molecule has 1 unspecified atom stereocenters. The topological polar surface area (TPSA) is 52.0 Å². The van der Waals surface area contributed by atoms with Gasteiger partial charge in [0.2, 0.25) is 0 Å². The Morgan fingerprint density at radius 3 is 2.60 bits per heavy atom. The number of hydrogen-bond acceptors (Lipinski definition) is 2. The average molecular weight is 206 g/mol. The van der Waals surface area contributed by atoms with Gasteiger partial charge < -0.3 is 11.5 Å². The van der Waals surface area contributed by atoms with Gasteiger partial charge in [0, 0.05) is 11.7 Å². The second kappa shape index (κ2) is 5.76. The molecule has 0 bridgehead atoms. The summed E-state index contributed by atoms with van der Waals surface area (Å²) in [5.41, 5.74) is 15.2. The Bertz CT molecular complexity index is 307. The fraction of sp³-hybridized carbons (Fsp3) is 0.538. The molecule has 15 heavy (non-hydrogen) atoms. The highest BCUT2D eigenvalue weighted by atomic mass is 14.7. The molecule has 0 saturated carbocycles. The van der Waals surface area contributed by atoms with Crippen LogP contribution in [0, 0.1) is 6.92 Å². The van der Waals surface area contributed by atoms with Crippen molar-refractivity contribution in [2.45, 2.75) is 45.6 Å².